The first-order chi connectivity index (χ1) is 16.5. The lowest BCUT2D eigenvalue weighted by molar-refractivity contribution is -0.140. The Bertz CT molecular complexity index is 1160. The fourth-order valence-corrected chi connectivity index (χ4v) is 3.45. The molecule has 0 saturated heterocycles. The van der Waals surface area contributed by atoms with Crippen LogP contribution in [0, 0.1) is 17.5 Å². The number of amides is 2. The molecule has 4 nitrogen and oxygen atoms in total. The summed E-state index contributed by atoms with van der Waals surface area (Å²) in [6.45, 7) is -0.451. The second-order valence-electron chi connectivity index (χ2n) is 7.41. The van der Waals surface area contributed by atoms with Crippen LogP contribution < -0.4 is 10.6 Å². The minimum Gasteiger partial charge on any atom is -0.345 e. The molecule has 0 aliphatic carbocycles. The van der Waals surface area contributed by atoms with E-state index in [1.54, 1.807) is 5.32 Å². The van der Waals surface area contributed by atoms with Crippen LogP contribution in [0.5, 0.6) is 0 Å². The van der Waals surface area contributed by atoms with Gasteiger partial charge in [-0.05, 0) is 46.6 Å². The predicted molar refractivity (Wildman–Crippen MR) is 114 cm³/mol. The number of alkyl halides is 6. The summed E-state index contributed by atoms with van der Waals surface area (Å²) < 4.78 is 118. The summed E-state index contributed by atoms with van der Waals surface area (Å²) in [6.07, 6.45) is -8.27. The zero-order valence-corrected chi connectivity index (χ0v) is 19.6. The van der Waals surface area contributed by atoms with Gasteiger partial charge in [-0.15, -0.1) is 0 Å². The Morgan fingerprint density at radius 2 is 1.64 bits per heavy atom. The van der Waals surface area contributed by atoms with E-state index in [-0.39, 0.29) is 15.6 Å². The van der Waals surface area contributed by atoms with E-state index in [4.69, 9.17) is 0 Å². The summed E-state index contributed by atoms with van der Waals surface area (Å²) in [7, 11) is 0. The topological polar surface area (TPSA) is 58.2 Å². The number of hydrogen-bond acceptors (Lipinski definition) is 2. The molecular weight excluding hydrogens is 575 g/mol. The molecular formula is C22H16BrF9N2O2. The van der Waals surface area contributed by atoms with E-state index in [1.807, 2.05) is 0 Å². The second-order valence-corrected chi connectivity index (χ2v) is 8.26. The van der Waals surface area contributed by atoms with Crippen LogP contribution in [0.2, 0.25) is 0 Å². The van der Waals surface area contributed by atoms with Gasteiger partial charge >= 0.3 is 12.4 Å². The zero-order valence-electron chi connectivity index (χ0n) is 18.0. The summed E-state index contributed by atoms with van der Waals surface area (Å²) in [5.74, 6) is -10.3. The van der Waals surface area contributed by atoms with Gasteiger partial charge in [0.25, 0.3) is 5.91 Å². The summed E-state index contributed by atoms with van der Waals surface area (Å²) in [5.41, 5.74) is -1.14. The van der Waals surface area contributed by atoms with Crippen molar-refractivity contribution in [1.82, 2.24) is 10.6 Å². The molecule has 0 aromatic heterocycles. The summed E-state index contributed by atoms with van der Waals surface area (Å²) >= 11 is 3.03. The van der Waals surface area contributed by atoms with Gasteiger partial charge in [0.15, 0.2) is 17.5 Å². The van der Waals surface area contributed by atoms with Gasteiger partial charge in [-0.3, -0.25) is 9.59 Å². The average molecular weight is 591 g/mol. The third kappa shape index (κ3) is 7.73. The molecule has 2 amide bonds. The van der Waals surface area contributed by atoms with Crippen molar-refractivity contribution < 1.29 is 49.1 Å². The second kappa shape index (κ2) is 11.4. The van der Waals surface area contributed by atoms with Crippen LogP contribution in [0.3, 0.4) is 0 Å². The molecule has 0 saturated carbocycles. The molecule has 2 N–H and O–H groups in total. The Balaban J connectivity index is 2.20. The van der Waals surface area contributed by atoms with E-state index < -0.39 is 65.7 Å². The number of carbonyl (C=O) groups excluding carboxylic acids is 2. The van der Waals surface area contributed by atoms with E-state index in [2.05, 4.69) is 21.2 Å². The van der Waals surface area contributed by atoms with Gasteiger partial charge < -0.3 is 10.6 Å². The van der Waals surface area contributed by atoms with Gasteiger partial charge in [0, 0.05) is 10.0 Å². The maximum atomic E-state index is 14.0. The van der Waals surface area contributed by atoms with Crippen molar-refractivity contribution in [1.29, 1.82) is 0 Å². The molecule has 2 unspecified atom stereocenters. The maximum Gasteiger partial charge on any atom is 0.405 e. The molecule has 2 aromatic rings. The molecule has 0 heterocycles. The van der Waals surface area contributed by atoms with Gasteiger partial charge in [0.1, 0.15) is 18.5 Å². The molecule has 36 heavy (non-hydrogen) atoms. The first kappa shape index (κ1) is 29.2. The van der Waals surface area contributed by atoms with E-state index in [0.29, 0.717) is 18.2 Å². The summed E-state index contributed by atoms with van der Waals surface area (Å²) in [5, 5.41) is 3.78. The quantitative estimate of drug-likeness (QED) is 0.306. The zero-order chi connectivity index (χ0) is 27.4. The summed E-state index contributed by atoms with van der Waals surface area (Å²) in [4.78, 5) is 24.1. The van der Waals surface area contributed by atoms with Gasteiger partial charge in [-0.1, -0.05) is 24.3 Å². The Labute approximate surface area is 206 Å². The van der Waals surface area contributed by atoms with E-state index >= 15 is 0 Å². The van der Waals surface area contributed by atoms with Crippen LogP contribution >= 0.6 is 15.9 Å². The fourth-order valence-electron chi connectivity index (χ4n) is 2.88. The molecule has 0 aliphatic heterocycles. The Hall–Kier alpha value is -3.03. The average Bonchev–Trinajstić information content (AvgIpc) is 2.75. The van der Waals surface area contributed by atoms with Crippen molar-refractivity contribution in [3.8, 4) is 0 Å². The van der Waals surface area contributed by atoms with E-state index in [9.17, 15) is 49.1 Å². The number of carbonyl (C=O) groups is 2. The monoisotopic (exact) mass is 590 g/mol. The first-order valence-electron chi connectivity index (χ1n) is 9.84. The largest absolute Gasteiger partial charge is 0.405 e. The molecule has 0 bridgehead atoms. The third-order valence-electron chi connectivity index (χ3n) is 4.68. The normalized spacial score (nSPS) is 14.0. The van der Waals surface area contributed by atoms with Gasteiger partial charge in [-0.2, -0.15) is 26.3 Å². The van der Waals surface area contributed by atoms with E-state index in [0.717, 1.165) is 19.1 Å². The lowest BCUT2D eigenvalue weighted by Crippen LogP contribution is -2.47. The van der Waals surface area contributed by atoms with Gasteiger partial charge in [0.2, 0.25) is 5.91 Å². The maximum absolute atomic E-state index is 14.0. The Morgan fingerprint density at radius 1 is 1.00 bits per heavy atom. The highest BCUT2D eigenvalue weighted by Crippen LogP contribution is 2.38. The van der Waals surface area contributed by atoms with Crippen molar-refractivity contribution in [2.45, 2.75) is 31.2 Å². The SMILES string of the molecule is CC(NC(=O)c1ccc(/C=C/C(c2ccc(F)c(F)c2F)C(F)(F)F)cc1Br)C(=O)NCC(F)(F)F. The van der Waals surface area contributed by atoms with Crippen LogP contribution in [0.15, 0.2) is 40.9 Å². The fraction of sp³-hybridized carbons (Fsp3) is 0.273. The number of halogens is 10. The smallest absolute Gasteiger partial charge is 0.345 e. The number of hydrogen-bond donors (Lipinski definition) is 2. The Kier molecular flexibility index (Phi) is 9.21. The van der Waals surface area contributed by atoms with Crippen LogP contribution in [-0.2, 0) is 4.79 Å². The molecule has 2 atom stereocenters. The molecule has 196 valence electrons. The van der Waals surface area contributed by atoms with Gasteiger partial charge in [-0.25, -0.2) is 13.2 Å². The Morgan fingerprint density at radius 3 is 2.19 bits per heavy atom. The van der Waals surface area contributed by atoms with Crippen molar-refractivity contribution in [2.24, 2.45) is 0 Å². The predicted octanol–water partition coefficient (Wildman–Crippen LogP) is 6.02. The highest BCUT2D eigenvalue weighted by atomic mass is 79.9. The standard InChI is InChI=1S/C22H16BrF9N2O2/c1-10(19(35)33-9-21(27,28)29)34-20(36)13-4-2-11(8-15(13)23)3-6-14(22(30,31)32)12-5-7-16(24)18(26)17(12)25/h2-8,10,14H,9H2,1H3,(H,33,35)(H,34,36)/b6-3+. The lowest BCUT2D eigenvalue weighted by atomic mass is 9.96. The number of nitrogens with one attached hydrogen (secondary N) is 2. The van der Waals surface area contributed by atoms with Crippen LogP contribution in [0.25, 0.3) is 6.08 Å². The van der Waals surface area contributed by atoms with Crippen molar-refractivity contribution in [2.75, 3.05) is 6.54 Å². The molecule has 0 aliphatic rings. The third-order valence-corrected chi connectivity index (χ3v) is 5.33. The number of benzene rings is 2. The van der Waals surface area contributed by atoms with Crippen molar-refractivity contribution in [3.63, 3.8) is 0 Å². The molecule has 0 fully saturated rings. The molecule has 0 spiro atoms. The van der Waals surface area contributed by atoms with Crippen LogP contribution in [0.1, 0.15) is 34.3 Å². The first-order valence-corrected chi connectivity index (χ1v) is 10.6. The molecule has 2 rings (SSSR count). The van der Waals surface area contributed by atoms with Crippen LogP contribution in [-0.4, -0.2) is 36.8 Å². The highest BCUT2D eigenvalue weighted by molar-refractivity contribution is 9.10. The van der Waals surface area contributed by atoms with Crippen LogP contribution in [0.4, 0.5) is 39.5 Å². The highest BCUT2D eigenvalue weighted by Gasteiger charge is 2.41. The molecule has 0 radical (unpaired) electrons. The van der Waals surface area contributed by atoms with Crippen molar-refractivity contribution >= 4 is 33.8 Å². The molecule has 14 heteroatoms. The minimum atomic E-state index is -5.05. The lowest BCUT2D eigenvalue weighted by Gasteiger charge is -2.18. The summed E-state index contributed by atoms with van der Waals surface area (Å²) in [6, 6.07) is 3.06. The van der Waals surface area contributed by atoms with Crippen molar-refractivity contribution in [3.05, 3.63) is 75.0 Å². The van der Waals surface area contributed by atoms with E-state index in [1.165, 1.54) is 12.1 Å². The van der Waals surface area contributed by atoms with Gasteiger partial charge in [0.05, 0.1) is 5.56 Å². The number of rotatable bonds is 7. The molecule has 2 aromatic carbocycles. The number of allylic oxidation sites excluding steroid dienone is 1. The minimum absolute atomic E-state index is 0.0487.